The van der Waals surface area contributed by atoms with E-state index in [1.165, 1.54) is 19.3 Å². The summed E-state index contributed by atoms with van der Waals surface area (Å²) in [5.74, 6) is 0.580. The highest BCUT2D eigenvalue weighted by Gasteiger charge is 2.33. The Hall–Kier alpha value is -1.40. The van der Waals surface area contributed by atoms with Crippen LogP contribution in [0.1, 0.15) is 70.3 Å². The van der Waals surface area contributed by atoms with Gasteiger partial charge in [0.2, 0.25) is 15.9 Å². The van der Waals surface area contributed by atoms with E-state index in [1.54, 1.807) is 16.4 Å². The number of piperidine rings is 1. The van der Waals surface area contributed by atoms with Crippen molar-refractivity contribution in [1.82, 2.24) is 9.21 Å². The molecule has 156 valence electrons. The molecule has 0 spiro atoms. The summed E-state index contributed by atoms with van der Waals surface area (Å²) in [6, 6.07) is 7.22. The molecule has 0 bridgehead atoms. The number of likely N-dealkylation sites (tertiary alicyclic amines) is 1. The monoisotopic (exact) mass is 406 g/mol. The van der Waals surface area contributed by atoms with Gasteiger partial charge in [-0.2, -0.15) is 4.31 Å². The summed E-state index contributed by atoms with van der Waals surface area (Å²) < 4.78 is 27.5. The van der Waals surface area contributed by atoms with Gasteiger partial charge in [0.1, 0.15) is 0 Å². The second kappa shape index (κ2) is 9.40. The van der Waals surface area contributed by atoms with Crippen molar-refractivity contribution in [3.63, 3.8) is 0 Å². The van der Waals surface area contributed by atoms with Crippen LogP contribution in [0, 0.1) is 5.92 Å². The van der Waals surface area contributed by atoms with Gasteiger partial charge in [0.15, 0.2) is 0 Å². The number of nitrogens with zero attached hydrogens (tertiary/aromatic N) is 2. The van der Waals surface area contributed by atoms with Crippen molar-refractivity contribution in [3.8, 4) is 0 Å². The molecule has 1 aromatic rings. The molecule has 1 aromatic carbocycles. The minimum absolute atomic E-state index is 0.0332. The molecule has 0 aromatic heterocycles. The summed E-state index contributed by atoms with van der Waals surface area (Å²) in [7, 11) is -3.48. The predicted octanol–water partition coefficient (Wildman–Crippen LogP) is 4.00. The van der Waals surface area contributed by atoms with Gasteiger partial charge in [0.25, 0.3) is 0 Å². The van der Waals surface area contributed by atoms with Crippen molar-refractivity contribution in [1.29, 1.82) is 0 Å². The lowest BCUT2D eigenvalue weighted by atomic mass is 9.95. The summed E-state index contributed by atoms with van der Waals surface area (Å²) in [6.07, 6.45) is 7.11. The fourth-order valence-corrected chi connectivity index (χ4v) is 5.71. The van der Waals surface area contributed by atoms with Crippen molar-refractivity contribution in [2.75, 3.05) is 26.2 Å². The van der Waals surface area contributed by atoms with Crippen LogP contribution in [0.15, 0.2) is 29.2 Å². The fraction of sp³-hybridized carbons (Fsp3) is 0.682. The maximum absolute atomic E-state index is 13.0. The first-order chi connectivity index (χ1) is 13.4. The van der Waals surface area contributed by atoms with Crippen molar-refractivity contribution < 1.29 is 13.2 Å². The van der Waals surface area contributed by atoms with E-state index in [0.717, 1.165) is 31.5 Å². The van der Waals surface area contributed by atoms with Crippen LogP contribution in [-0.2, 0) is 14.8 Å². The average Bonchev–Trinajstić information content (AvgIpc) is 2.67. The number of amides is 1. The van der Waals surface area contributed by atoms with Crippen LogP contribution in [-0.4, -0.2) is 49.7 Å². The van der Waals surface area contributed by atoms with Crippen molar-refractivity contribution in [3.05, 3.63) is 29.8 Å². The van der Waals surface area contributed by atoms with Crippen LogP contribution in [0.5, 0.6) is 0 Å². The van der Waals surface area contributed by atoms with Crippen LogP contribution in [0.4, 0.5) is 0 Å². The number of sulfonamides is 1. The van der Waals surface area contributed by atoms with E-state index >= 15 is 0 Å². The Balaban J connectivity index is 1.59. The van der Waals surface area contributed by atoms with E-state index in [9.17, 15) is 13.2 Å². The Bertz CT molecular complexity index is 742. The SMILES string of the molecule is CC(C)c1ccc(S(=O)(=O)N2CCC(C(=O)N3CCCCCCC3)CC2)cc1. The first-order valence-corrected chi connectivity index (χ1v) is 12.2. The van der Waals surface area contributed by atoms with Crippen molar-refractivity contribution >= 4 is 15.9 Å². The summed E-state index contributed by atoms with van der Waals surface area (Å²) in [5, 5.41) is 0. The smallest absolute Gasteiger partial charge is 0.243 e. The molecule has 0 saturated carbocycles. The molecule has 0 atom stereocenters. The fourth-order valence-electron chi connectivity index (χ4n) is 4.24. The number of carbonyl (C=O) groups is 1. The van der Waals surface area contributed by atoms with Gasteiger partial charge in [-0.1, -0.05) is 45.2 Å². The maximum atomic E-state index is 13.0. The Kier molecular flexibility index (Phi) is 7.15. The highest BCUT2D eigenvalue weighted by molar-refractivity contribution is 7.89. The minimum atomic E-state index is -3.48. The van der Waals surface area contributed by atoms with Gasteiger partial charge in [-0.15, -0.1) is 0 Å². The Morgan fingerprint density at radius 2 is 1.43 bits per heavy atom. The van der Waals surface area contributed by atoms with E-state index in [2.05, 4.69) is 13.8 Å². The molecule has 0 N–H and O–H groups in total. The van der Waals surface area contributed by atoms with Gasteiger partial charge in [-0.25, -0.2) is 8.42 Å². The van der Waals surface area contributed by atoms with E-state index in [1.807, 2.05) is 17.0 Å². The van der Waals surface area contributed by atoms with Gasteiger partial charge in [0.05, 0.1) is 4.90 Å². The highest BCUT2D eigenvalue weighted by Crippen LogP contribution is 2.27. The molecule has 1 amide bonds. The van der Waals surface area contributed by atoms with E-state index in [0.29, 0.717) is 36.7 Å². The van der Waals surface area contributed by atoms with E-state index in [-0.39, 0.29) is 11.8 Å². The molecule has 2 heterocycles. The highest BCUT2D eigenvalue weighted by atomic mass is 32.2. The Labute approximate surface area is 170 Å². The molecule has 28 heavy (non-hydrogen) atoms. The van der Waals surface area contributed by atoms with Crippen molar-refractivity contribution in [2.24, 2.45) is 5.92 Å². The number of hydrogen-bond donors (Lipinski definition) is 0. The molecule has 0 radical (unpaired) electrons. The zero-order valence-electron chi connectivity index (χ0n) is 17.3. The topological polar surface area (TPSA) is 57.7 Å². The Morgan fingerprint density at radius 3 is 1.96 bits per heavy atom. The van der Waals surface area contributed by atoms with Crippen LogP contribution < -0.4 is 0 Å². The molecule has 2 saturated heterocycles. The third-order valence-corrected chi connectivity index (χ3v) is 8.07. The minimum Gasteiger partial charge on any atom is -0.342 e. The van der Waals surface area contributed by atoms with Crippen LogP contribution in [0.2, 0.25) is 0 Å². The largest absolute Gasteiger partial charge is 0.342 e. The van der Waals surface area contributed by atoms with Gasteiger partial charge in [-0.3, -0.25) is 4.79 Å². The molecule has 2 aliphatic heterocycles. The number of carbonyl (C=O) groups excluding carboxylic acids is 1. The zero-order valence-corrected chi connectivity index (χ0v) is 18.1. The van der Waals surface area contributed by atoms with Gasteiger partial charge in [-0.05, 0) is 49.3 Å². The third kappa shape index (κ3) is 4.95. The third-order valence-electron chi connectivity index (χ3n) is 6.16. The molecule has 0 aliphatic carbocycles. The van der Waals surface area contributed by atoms with Crippen LogP contribution in [0.3, 0.4) is 0 Å². The molecular weight excluding hydrogens is 372 g/mol. The first-order valence-electron chi connectivity index (χ1n) is 10.8. The normalized spacial score (nSPS) is 20.8. The zero-order chi connectivity index (χ0) is 20.1. The van der Waals surface area contributed by atoms with Gasteiger partial charge in [0, 0.05) is 32.1 Å². The molecule has 2 fully saturated rings. The van der Waals surface area contributed by atoms with E-state index in [4.69, 9.17) is 0 Å². The number of benzene rings is 1. The van der Waals surface area contributed by atoms with E-state index < -0.39 is 10.0 Å². The summed E-state index contributed by atoms with van der Waals surface area (Å²) >= 11 is 0. The number of hydrogen-bond acceptors (Lipinski definition) is 3. The lowest BCUT2D eigenvalue weighted by Gasteiger charge is -2.34. The van der Waals surface area contributed by atoms with Crippen LogP contribution in [0.25, 0.3) is 0 Å². The first kappa shape index (κ1) is 21.3. The molecule has 3 rings (SSSR count). The molecule has 2 aliphatic rings. The summed E-state index contributed by atoms with van der Waals surface area (Å²) in [6.45, 7) is 6.77. The standard InChI is InChI=1S/C22H34N2O3S/c1-18(2)19-8-10-21(11-9-19)28(26,27)24-16-12-20(13-17-24)22(25)23-14-6-4-3-5-7-15-23/h8-11,18,20H,3-7,12-17H2,1-2H3. The van der Waals surface area contributed by atoms with Crippen LogP contribution >= 0.6 is 0 Å². The predicted molar refractivity (Wildman–Crippen MR) is 112 cm³/mol. The molecular formula is C22H34N2O3S. The molecule has 0 unspecified atom stereocenters. The number of rotatable bonds is 4. The van der Waals surface area contributed by atoms with Crippen molar-refractivity contribution in [2.45, 2.75) is 69.6 Å². The average molecular weight is 407 g/mol. The quantitative estimate of drug-likeness (QED) is 0.759. The second-order valence-corrected chi connectivity index (χ2v) is 10.4. The van der Waals surface area contributed by atoms with Gasteiger partial charge < -0.3 is 4.90 Å². The maximum Gasteiger partial charge on any atom is 0.243 e. The second-order valence-electron chi connectivity index (χ2n) is 8.50. The summed E-state index contributed by atoms with van der Waals surface area (Å²) in [4.78, 5) is 15.3. The lowest BCUT2D eigenvalue weighted by molar-refractivity contribution is -0.137. The Morgan fingerprint density at radius 1 is 0.893 bits per heavy atom. The lowest BCUT2D eigenvalue weighted by Crippen LogP contribution is -2.45. The summed E-state index contributed by atoms with van der Waals surface area (Å²) in [5.41, 5.74) is 1.14. The molecule has 5 nitrogen and oxygen atoms in total. The van der Waals surface area contributed by atoms with Gasteiger partial charge >= 0.3 is 0 Å². The molecule has 6 heteroatoms.